The number of ketones is 2. The zero-order chi connectivity index (χ0) is 28.8. The Balaban J connectivity index is 1.68. The first-order valence-electron chi connectivity index (χ1n) is 14.5. The molecule has 0 radical (unpaired) electrons. The van der Waals surface area contributed by atoms with Gasteiger partial charge in [0.05, 0.1) is 24.7 Å². The number of nitrogens with one attached hydrogen (secondary N) is 1. The second-order valence-electron chi connectivity index (χ2n) is 14.9. The van der Waals surface area contributed by atoms with Crippen LogP contribution in [0.5, 0.6) is 0 Å². The number of hydrogen-bond acceptors (Lipinski definition) is 6. The monoisotopic (exact) mass is 536 g/mol. The zero-order valence-corrected chi connectivity index (χ0v) is 24.6. The van der Waals surface area contributed by atoms with Crippen LogP contribution < -0.4 is 5.32 Å². The summed E-state index contributed by atoms with van der Waals surface area (Å²) in [6.07, 6.45) is 8.91. The minimum Gasteiger partial charge on any atom is -0.453 e. The third kappa shape index (κ3) is 3.52. The van der Waals surface area contributed by atoms with Gasteiger partial charge in [-0.1, -0.05) is 46.3 Å². The fourth-order valence-corrected chi connectivity index (χ4v) is 10.1. The molecule has 7 heteroatoms. The van der Waals surface area contributed by atoms with Crippen molar-refractivity contribution in [3.63, 3.8) is 0 Å². The highest BCUT2D eigenvalue weighted by molar-refractivity contribution is 6.05. The summed E-state index contributed by atoms with van der Waals surface area (Å²) in [6, 6.07) is 2.10. The molecule has 212 valence electrons. The average Bonchev–Trinajstić information content (AvgIpc) is 2.88. The molecule has 0 aliphatic heterocycles. The van der Waals surface area contributed by atoms with Gasteiger partial charge in [0, 0.05) is 16.9 Å². The Morgan fingerprint density at radius 3 is 2.38 bits per heavy atom. The molecule has 0 aromatic rings. The van der Waals surface area contributed by atoms with Gasteiger partial charge in [-0.3, -0.25) is 9.59 Å². The topological polar surface area (TPSA) is 116 Å². The predicted molar refractivity (Wildman–Crippen MR) is 146 cm³/mol. The number of carbonyl (C=O) groups is 3. The SMILES string of the molecule is COC(=O)N[C@]12CCC(C)(C)CC1C1C(=O)C=C3[C@@]4(C)C=C(C#N)C(=O)[C@@](C)(CO)[C@@H]4CC[C@@]3(C)[C@]1(C)CC2. The van der Waals surface area contributed by atoms with Gasteiger partial charge in [0.15, 0.2) is 11.6 Å². The second kappa shape index (κ2) is 8.52. The predicted octanol–water partition coefficient (Wildman–Crippen LogP) is 5.29. The average molecular weight is 537 g/mol. The Hall–Kier alpha value is -2.46. The molecule has 0 heterocycles. The molecule has 0 spiro atoms. The molecular weight excluding hydrogens is 492 g/mol. The molecule has 1 amide bonds. The van der Waals surface area contributed by atoms with Crippen molar-refractivity contribution in [1.29, 1.82) is 5.26 Å². The van der Waals surface area contributed by atoms with Gasteiger partial charge in [0.1, 0.15) is 6.07 Å². The van der Waals surface area contributed by atoms with Crippen LogP contribution in [0, 0.1) is 56.2 Å². The smallest absolute Gasteiger partial charge is 0.407 e. The maximum absolute atomic E-state index is 14.4. The minimum atomic E-state index is -1.07. The third-order valence-corrected chi connectivity index (χ3v) is 12.6. The Kier molecular flexibility index (Phi) is 6.14. The number of hydrogen-bond donors (Lipinski definition) is 2. The Bertz CT molecular complexity index is 1240. The van der Waals surface area contributed by atoms with E-state index in [0.717, 1.165) is 50.5 Å². The van der Waals surface area contributed by atoms with Crippen LogP contribution in [-0.2, 0) is 14.3 Å². The van der Waals surface area contributed by atoms with E-state index in [9.17, 15) is 24.8 Å². The lowest BCUT2D eigenvalue weighted by molar-refractivity contribution is -0.162. The van der Waals surface area contributed by atoms with Crippen molar-refractivity contribution >= 4 is 17.7 Å². The number of carbonyl (C=O) groups excluding carboxylic acids is 3. The summed E-state index contributed by atoms with van der Waals surface area (Å²) in [5.74, 6) is -0.700. The molecule has 5 rings (SSSR count). The van der Waals surface area contributed by atoms with E-state index in [4.69, 9.17) is 4.74 Å². The van der Waals surface area contributed by atoms with Gasteiger partial charge < -0.3 is 15.2 Å². The van der Waals surface area contributed by atoms with E-state index in [1.165, 1.54) is 7.11 Å². The molecule has 3 fully saturated rings. The highest BCUT2D eigenvalue weighted by atomic mass is 16.5. The Morgan fingerprint density at radius 1 is 1.10 bits per heavy atom. The minimum absolute atomic E-state index is 0.0207. The van der Waals surface area contributed by atoms with Gasteiger partial charge in [-0.25, -0.2) is 4.79 Å². The zero-order valence-electron chi connectivity index (χ0n) is 24.6. The lowest BCUT2D eigenvalue weighted by Crippen LogP contribution is -2.69. The number of methoxy groups -OCH3 is 1. The molecule has 5 aliphatic carbocycles. The number of nitriles is 1. The summed E-state index contributed by atoms with van der Waals surface area (Å²) in [5.41, 5.74) is -1.83. The van der Waals surface area contributed by atoms with E-state index >= 15 is 0 Å². The summed E-state index contributed by atoms with van der Waals surface area (Å²) >= 11 is 0. The molecule has 3 saturated carbocycles. The van der Waals surface area contributed by atoms with Crippen molar-refractivity contribution in [3.8, 4) is 6.07 Å². The van der Waals surface area contributed by atoms with E-state index in [-0.39, 0.29) is 57.7 Å². The third-order valence-electron chi connectivity index (χ3n) is 12.6. The lowest BCUT2D eigenvalue weighted by Gasteiger charge is -2.69. The number of fused-ring (bicyclic) bond motifs is 7. The van der Waals surface area contributed by atoms with Crippen molar-refractivity contribution in [2.75, 3.05) is 13.7 Å². The standard InChI is InChI=1S/C32H44N2O5/c1-27(2)10-12-32(34-26(38)39-7)13-11-31(6)24(20(32)16-27)21(36)14-23-28(3)15-19(17-33)25(37)29(4,18-35)22(28)8-9-30(23,31)5/h14-15,20,22,24,35H,8-13,16,18H2,1-7H3,(H,34,38)/t20?,22-,24?,28+,29+,30-,31-,32+/m1/s1. The second-order valence-corrected chi connectivity index (χ2v) is 14.9. The summed E-state index contributed by atoms with van der Waals surface area (Å²) in [4.78, 5) is 40.3. The first kappa shape index (κ1) is 28.1. The number of aliphatic hydroxyl groups is 1. The molecule has 0 saturated heterocycles. The van der Waals surface area contributed by atoms with Gasteiger partial charge in [-0.05, 0) is 86.0 Å². The fraction of sp³-hybridized carbons (Fsp3) is 0.750. The normalized spacial score (nSPS) is 46.3. The number of Topliss-reactive ketones (excluding diaryl/α,β-unsaturated/α-hetero) is 1. The van der Waals surface area contributed by atoms with Crippen LogP contribution in [0.3, 0.4) is 0 Å². The molecule has 8 atom stereocenters. The number of amides is 1. The molecule has 39 heavy (non-hydrogen) atoms. The molecule has 0 aromatic heterocycles. The molecule has 7 nitrogen and oxygen atoms in total. The van der Waals surface area contributed by atoms with Crippen molar-refractivity contribution in [1.82, 2.24) is 5.32 Å². The number of ether oxygens (including phenoxy) is 1. The van der Waals surface area contributed by atoms with E-state index in [2.05, 4.69) is 46.0 Å². The maximum Gasteiger partial charge on any atom is 0.407 e. The first-order valence-corrected chi connectivity index (χ1v) is 14.5. The van der Waals surface area contributed by atoms with Crippen molar-refractivity contribution < 1.29 is 24.2 Å². The molecule has 5 aliphatic rings. The maximum atomic E-state index is 14.4. The van der Waals surface area contributed by atoms with Crippen molar-refractivity contribution in [3.05, 3.63) is 23.3 Å². The summed E-state index contributed by atoms with van der Waals surface area (Å²) in [5, 5.41) is 23.6. The Labute approximate surface area is 232 Å². The van der Waals surface area contributed by atoms with E-state index in [0.29, 0.717) is 0 Å². The van der Waals surface area contributed by atoms with Crippen LogP contribution in [0.25, 0.3) is 0 Å². The molecule has 2 N–H and O–H groups in total. The number of rotatable bonds is 2. The van der Waals surface area contributed by atoms with Gasteiger partial charge in [-0.2, -0.15) is 5.26 Å². The summed E-state index contributed by atoms with van der Waals surface area (Å²) in [6.45, 7) is 12.6. The van der Waals surface area contributed by atoms with Gasteiger partial charge in [0.2, 0.25) is 0 Å². The van der Waals surface area contributed by atoms with Crippen LogP contribution in [0.15, 0.2) is 23.3 Å². The van der Waals surface area contributed by atoms with Crippen LogP contribution in [-0.4, -0.2) is 42.0 Å². The number of allylic oxidation sites excluding steroid dienone is 4. The lowest BCUT2D eigenvalue weighted by atomic mass is 9.35. The molecule has 0 bridgehead atoms. The summed E-state index contributed by atoms with van der Waals surface area (Å²) < 4.78 is 5.05. The van der Waals surface area contributed by atoms with Crippen LogP contribution in [0.4, 0.5) is 4.79 Å². The number of nitrogens with zero attached hydrogens (tertiary/aromatic N) is 1. The molecule has 2 unspecified atom stereocenters. The Morgan fingerprint density at radius 2 is 1.77 bits per heavy atom. The number of aliphatic hydroxyl groups excluding tert-OH is 1. The largest absolute Gasteiger partial charge is 0.453 e. The van der Waals surface area contributed by atoms with Crippen molar-refractivity contribution in [2.24, 2.45) is 44.8 Å². The van der Waals surface area contributed by atoms with Crippen molar-refractivity contribution in [2.45, 2.75) is 92.0 Å². The van der Waals surface area contributed by atoms with E-state index in [1.54, 1.807) is 13.0 Å². The van der Waals surface area contributed by atoms with Crippen LogP contribution in [0.2, 0.25) is 0 Å². The van der Waals surface area contributed by atoms with Gasteiger partial charge >= 0.3 is 6.09 Å². The number of alkyl carbamates (subject to hydrolysis) is 1. The van der Waals surface area contributed by atoms with Crippen LogP contribution >= 0.6 is 0 Å². The van der Waals surface area contributed by atoms with E-state index < -0.39 is 22.5 Å². The molecular formula is C32H44N2O5. The summed E-state index contributed by atoms with van der Waals surface area (Å²) in [7, 11) is 1.39. The highest BCUT2D eigenvalue weighted by Crippen LogP contribution is 2.73. The first-order chi connectivity index (χ1) is 18.1. The van der Waals surface area contributed by atoms with E-state index in [1.807, 2.05) is 6.08 Å². The van der Waals surface area contributed by atoms with Crippen LogP contribution in [0.1, 0.15) is 86.5 Å². The molecule has 0 aromatic carbocycles. The quantitative estimate of drug-likeness (QED) is 0.496. The van der Waals surface area contributed by atoms with Gasteiger partial charge in [-0.15, -0.1) is 0 Å². The highest BCUT2D eigenvalue weighted by Gasteiger charge is 2.70. The fourth-order valence-electron chi connectivity index (χ4n) is 10.1. The van der Waals surface area contributed by atoms with Gasteiger partial charge in [0.25, 0.3) is 0 Å².